The fraction of sp³-hybridized carbons (Fsp3) is 0.333. The number of aromatic nitrogens is 2. The predicted molar refractivity (Wildman–Crippen MR) is 106 cm³/mol. The van der Waals surface area contributed by atoms with Gasteiger partial charge in [0.15, 0.2) is 0 Å². The fourth-order valence-electron chi connectivity index (χ4n) is 2.65. The minimum absolute atomic E-state index is 0. The van der Waals surface area contributed by atoms with Crippen LogP contribution in [-0.2, 0) is 6.54 Å². The van der Waals surface area contributed by atoms with Crippen molar-refractivity contribution in [2.75, 3.05) is 13.1 Å². The van der Waals surface area contributed by atoms with Crippen LogP contribution >= 0.6 is 23.7 Å². The summed E-state index contributed by atoms with van der Waals surface area (Å²) in [6.45, 7) is 4.02. The average molecular weight is 379 g/mol. The summed E-state index contributed by atoms with van der Waals surface area (Å²) in [5.74, 6) is -0.0149. The van der Waals surface area contributed by atoms with Gasteiger partial charge < -0.3 is 11.1 Å². The van der Waals surface area contributed by atoms with Crippen LogP contribution in [-0.4, -0.2) is 28.8 Å². The van der Waals surface area contributed by atoms with E-state index in [4.69, 9.17) is 5.73 Å². The Morgan fingerprint density at radius 2 is 2.04 bits per heavy atom. The van der Waals surface area contributed by atoms with Gasteiger partial charge in [0.1, 0.15) is 4.83 Å². The van der Waals surface area contributed by atoms with Gasteiger partial charge in [0.25, 0.3) is 5.91 Å². The number of aryl methyl sites for hydroxylation is 1. The Labute approximate surface area is 157 Å². The molecule has 0 atom stereocenters. The Morgan fingerprint density at radius 3 is 2.76 bits per heavy atom. The van der Waals surface area contributed by atoms with Crippen molar-refractivity contribution >= 4 is 39.9 Å². The van der Waals surface area contributed by atoms with Crippen molar-refractivity contribution in [3.8, 4) is 0 Å². The van der Waals surface area contributed by atoms with Gasteiger partial charge in [0.05, 0.1) is 17.1 Å². The SMILES string of the molecule is Cc1nn(Cc2ccccc2)c2sc(C(=O)NCCCCN)cc12.Cl. The molecule has 0 saturated carbocycles. The second kappa shape index (κ2) is 8.99. The fourth-order valence-corrected chi connectivity index (χ4v) is 3.72. The van der Waals surface area contributed by atoms with Gasteiger partial charge in [0.2, 0.25) is 0 Å². The minimum Gasteiger partial charge on any atom is -0.351 e. The second-order valence-electron chi connectivity index (χ2n) is 5.81. The number of benzene rings is 1. The first-order valence-electron chi connectivity index (χ1n) is 8.18. The van der Waals surface area contributed by atoms with Gasteiger partial charge in [-0.15, -0.1) is 23.7 Å². The van der Waals surface area contributed by atoms with Crippen molar-refractivity contribution in [2.45, 2.75) is 26.3 Å². The van der Waals surface area contributed by atoms with Crippen molar-refractivity contribution < 1.29 is 4.79 Å². The third-order valence-corrected chi connectivity index (χ3v) is 5.07. The maximum atomic E-state index is 12.3. The number of amides is 1. The summed E-state index contributed by atoms with van der Waals surface area (Å²) in [5.41, 5.74) is 7.62. The molecule has 7 heteroatoms. The smallest absolute Gasteiger partial charge is 0.261 e. The van der Waals surface area contributed by atoms with E-state index in [9.17, 15) is 4.79 Å². The molecule has 2 aromatic heterocycles. The topological polar surface area (TPSA) is 72.9 Å². The number of nitrogens with zero attached hydrogens (tertiary/aromatic N) is 2. The van der Waals surface area contributed by atoms with E-state index in [2.05, 4.69) is 22.5 Å². The van der Waals surface area contributed by atoms with E-state index in [0.717, 1.165) is 33.6 Å². The Balaban J connectivity index is 0.00000225. The molecular weight excluding hydrogens is 356 g/mol. The molecule has 3 aromatic rings. The molecular formula is C18H23ClN4OS. The Hall–Kier alpha value is -1.89. The van der Waals surface area contributed by atoms with Crippen LogP contribution in [0.3, 0.4) is 0 Å². The van der Waals surface area contributed by atoms with Gasteiger partial charge in [0, 0.05) is 11.9 Å². The molecule has 3 N–H and O–H groups in total. The number of hydrogen-bond donors (Lipinski definition) is 2. The van der Waals surface area contributed by atoms with Crippen LogP contribution in [0.2, 0.25) is 0 Å². The standard InChI is InChI=1S/C18H22N4OS.ClH/c1-13-15-11-16(17(23)20-10-6-5-9-19)24-18(15)22(21-13)12-14-7-3-2-4-8-14;/h2-4,7-8,11H,5-6,9-10,12,19H2,1H3,(H,20,23);1H. The molecule has 0 unspecified atom stereocenters. The number of thiophene rings is 1. The van der Waals surface area contributed by atoms with E-state index in [0.29, 0.717) is 19.6 Å². The monoisotopic (exact) mass is 378 g/mol. The Bertz CT molecular complexity index is 828. The molecule has 2 heterocycles. The minimum atomic E-state index is -0.0149. The number of carbonyl (C=O) groups is 1. The van der Waals surface area contributed by atoms with E-state index < -0.39 is 0 Å². The Kier molecular flexibility index (Phi) is 6.99. The third kappa shape index (κ3) is 4.60. The molecule has 1 amide bonds. The highest BCUT2D eigenvalue weighted by atomic mass is 35.5. The van der Waals surface area contributed by atoms with Crippen LogP contribution in [0.1, 0.15) is 33.8 Å². The number of unbranched alkanes of at least 4 members (excludes halogenated alkanes) is 1. The number of nitrogens with two attached hydrogens (primary N) is 1. The second-order valence-corrected chi connectivity index (χ2v) is 6.84. The van der Waals surface area contributed by atoms with Gasteiger partial charge in [-0.1, -0.05) is 30.3 Å². The van der Waals surface area contributed by atoms with Crippen LogP contribution in [0.4, 0.5) is 0 Å². The summed E-state index contributed by atoms with van der Waals surface area (Å²) < 4.78 is 1.98. The molecule has 0 radical (unpaired) electrons. The predicted octanol–water partition coefficient (Wildman–Crippen LogP) is 3.35. The molecule has 0 fully saturated rings. The van der Waals surface area contributed by atoms with Crippen LogP contribution in [0.15, 0.2) is 36.4 Å². The normalized spacial score (nSPS) is 10.6. The van der Waals surface area contributed by atoms with Gasteiger partial charge in [-0.05, 0) is 37.9 Å². The lowest BCUT2D eigenvalue weighted by Crippen LogP contribution is -2.24. The lowest BCUT2D eigenvalue weighted by Gasteiger charge is -2.03. The van der Waals surface area contributed by atoms with E-state index in [1.807, 2.05) is 35.9 Å². The molecule has 0 bridgehead atoms. The molecule has 0 aliphatic rings. The van der Waals surface area contributed by atoms with E-state index in [1.165, 1.54) is 16.9 Å². The van der Waals surface area contributed by atoms with E-state index in [1.54, 1.807) is 0 Å². The number of rotatable bonds is 7. The maximum absolute atomic E-state index is 12.3. The van der Waals surface area contributed by atoms with Crippen LogP contribution in [0, 0.1) is 6.92 Å². The lowest BCUT2D eigenvalue weighted by atomic mass is 10.2. The number of fused-ring (bicyclic) bond motifs is 1. The summed E-state index contributed by atoms with van der Waals surface area (Å²) in [7, 11) is 0. The highest BCUT2D eigenvalue weighted by Gasteiger charge is 2.16. The largest absolute Gasteiger partial charge is 0.351 e. The molecule has 0 aliphatic heterocycles. The molecule has 3 rings (SSSR count). The molecule has 25 heavy (non-hydrogen) atoms. The first-order valence-corrected chi connectivity index (χ1v) is 9.00. The molecule has 1 aromatic carbocycles. The maximum Gasteiger partial charge on any atom is 0.261 e. The lowest BCUT2D eigenvalue weighted by molar-refractivity contribution is 0.0957. The summed E-state index contributed by atoms with van der Waals surface area (Å²) >= 11 is 1.50. The van der Waals surface area contributed by atoms with Gasteiger partial charge in [-0.25, -0.2) is 0 Å². The molecule has 0 spiro atoms. The highest BCUT2D eigenvalue weighted by Crippen LogP contribution is 2.28. The molecule has 0 saturated heterocycles. The summed E-state index contributed by atoms with van der Waals surface area (Å²) in [6, 6.07) is 12.2. The van der Waals surface area contributed by atoms with Crippen molar-refractivity contribution in [1.82, 2.24) is 15.1 Å². The highest BCUT2D eigenvalue weighted by molar-refractivity contribution is 7.20. The first kappa shape index (κ1) is 19.4. The molecule has 0 aliphatic carbocycles. The van der Waals surface area contributed by atoms with Gasteiger partial charge in [-0.2, -0.15) is 5.10 Å². The zero-order chi connectivity index (χ0) is 16.9. The molecule has 134 valence electrons. The number of carbonyl (C=O) groups excluding carboxylic acids is 1. The summed E-state index contributed by atoms with van der Waals surface area (Å²) in [6.07, 6.45) is 1.84. The van der Waals surface area contributed by atoms with Crippen molar-refractivity contribution in [1.29, 1.82) is 0 Å². The van der Waals surface area contributed by atoms with Crippen molar-refractivity contribution in [3.05, 3.63) is 52.5 Å². The van der Waals surface area contributed by atoms with Crippen molar-refractivity contribution in [3.63, 3.8) is 0 Å². The number of halogens is 1. The summed E-state index contributed by atoms with van der Waals surface area (Å²) in [5, 5.41) is 8.63. The quantitative estimate of drug-likeness (QED) is 0.619. The van der Waals surface area contributed by atoms with Crippen LogP contribution in [0.25, 0.3) is 10.2 Å². The van der Waals surface area contributed by atoms with E-state index >= 15 is 0 Å². The van der Waals surface area contributed by atoms with Gasteiger partial charge >= 0.3 is 0 Å². The van der Waals surface area contributed by atoms with Crippen LogP contribution < -0.4 is 11.1 Å². The number of nitrogens with one attached hydrogen (secondary N) is 1. The third-order valence-electron chi connectivity index (χ3n) is 3.92. The summed E-state index contributed by atoms with van der Waals surface area (Å²) in [4.78, 5) is 14.1. The molecule has 5 nitrogen and oxygen atoms in total. The average Bonchev–Trinajstić information content (AvgIpc) is 3.14. The first-order chi connectivity index (χ1) is 11.7. The van der Waals surface area contributed by atoms with Crippen molar-refractivity contribution in [2.24, 2.45) is 5.73 Å². The Morgan fingerprint density at radius 1 is 1.28 bits per heavy atom. The van der Waals surface area contributed by atoms with Crippen LogP contribution in [0.5, 0.6) is 0 Å². The van der Waals surface area contributed by atoms with E-state index in [-0.39, 0.29) is 18.3 Å². The zero-order valence-corrected chi connectivity index (χ0v) is 15.8. The zero-order valence-electron chi connectivity index (χ0n) is 14.2. The number of hydrogen-bond acceptors (Lipinski definition) is 4. The van der Waals surface area contributed by atoms with Gasteiger partial charge in [-0.3, -0.25) is 9.48 Å².